The summed E-state index contributed by atoms with van der Waals surface area (Å²) in [6.07, 6.45) is 0. The molecule has 0 saturated heterocycles. The van der Waals surface area contributed by atoms with Crippen molar-refractivity contribution < 1.29 is 0 Å². The molecule has 0 amide bonds. The van der Waals surface area contributed by atoms with Gasteiger partial charge >= 0.3 is 0 Å². The van der Waals surface area contributed by atoms with Gasteiger partial charge in [0, 0.05) is 20.2 Å². The molecule has 1 aromatic heterocycles. The Hall–Kier alpha value is -5.50. The van der Waals surface area contributed by atoms with Crippen LogP contribution in [0.5, 0.6) is 0 Å². The molecule has 9 rings (SSSR count). The average Bonchev–Trinajstić information content (AvgIpc) is 3.49. The summed E-state index contributed by atoms with van der Waals surface area (Å²) >= 11 is 1.88. The van der Waals surface area contributed by atoms with Crippen LogP contribution in [0.1, 0.15) is 0 Å². The lowest BCUT2D eigenvalue weighted by atomic mass is 9.84. The molecule has 0 spiro atoms. The van der Waals surface area contributed by atoms with Crippen molar-refractivity contribution in [2.45, 2.75) is 0 Å². The van der Waals surface area contributed by atoms with Crippen LogP contribution < -0.4 is 0 Å². The van der Waals surface area contributed by atoms with Gasteiger partial charge in [-0.05, 0) is 96.4 Å². The highest BCUT2D eigenvalue weighted by Gasteiger charge is 2.18. The number of hydrogen-bond acceptors (Lipinski definition) is 1. The molecule has 0 aliphatic carbocycles. The number of hydrogen-bond donors (Lipinski definition) is 0. The molecule has 9 aromatic rings. The van der Waals surface area contributed by atoms with Gasteiger partial charge in [0.2, 0.25) is 0 Å². The lowest BCUT2D eigenvalue weighted by Crippen LogP contribution is -1.92. The number of rotatable bonds is 4. The average molecular weight is 589 g/mol. The van der Waals surface area contributed by atoms with Crippen molar-refractivity contribution in [2.24, 2.45) is 0 Å². The molecule has 0 atom stereocenters. The van der Waals surface area contributed by atoms with Gasteiger partial charge in [-0.1, -0.05) is 140 Å². The Balaban J connectivity index is 1.35. The fraction of sp³-hybridized carbons (Fsp3) is 0. The lowest BCUT2D eigenvalue weighted by molar-refractivity contribution is 1.58. The monoisotopic (exact) mass is 588 g/mol. The molecule has 0 fully saturated rings. The van der Waals surface area contributed by atoms with Crippen LogP contribution >= 0.6 is 11.3 Å². The Bertz CT molecular complexity index is 2410. The molecule has 0 unspecified atom stereocenters. The molecule has 1 heterocycles. The van der Waals surface area contributed by atoms with Gasteiger partial charge in [0.15, 0.2) is 0 Å². The van der Waals surface area contributed by atoms with E-state index < -0.39 is 0 Å². The highest BCUT2D eigenvalue weighted by atomic mass is 32.1. The maximum atomic E-state index is 2.40. The molecule has 210 valence electrons. The van der Waals surface area contributed by atoms with Crippen LogP contribution in [0.15, 0.2) is 170 Å². The Morgan fingerprint density at radius 2 is 0.667 bits per heavy atom. The van der Waals surface area contributed by atoms with E-state index in [0.29, 0.717) is 0 Å². The van der Waals surface area contributed by atoms with Crippen LogP contribution in [0, 0.1) is 0 Å². The maximum Gasteiger partial charge on any atom is 0.0361 e. The third-order valence-electron chi connectivity index (χ3n) is 9.03. The van der Waals surface area contributed by atoms with Crippen molar-refractivity contribution in [3.8, 4) is 44.5 Å². The van der Waals surface area contributed by atoms with Crippen LogP contribution in [-0.2, 0) is 0 Å². The van der Waals surface area contributed by atoms with Crippen molar-refractivity contribution in [2.75, 3.05) is 0 Å². The summed E-state index contributed by atoms with van der Waals surface area (Å²) in [6.45, 7) is 0. The first-order valence-electron chi connectivity index (χ1n) is 15.4. The molecule has 0 N–H and O–H groups in total. The maximum absolute atomic E-state index is 2.40. The first-order valence-corrected chi connectivity index (χ1v) is 16.2. The minimum absolute atomic E-state index is 1.22. The van der Waals surface area contributed by atoms with E-state index >= 15 is 0 Å². The Morgan fingerprint density at radius 1 is 0.244 bits per heavy atom. The van der Waals surface area contributed by atoms with Gasteiger partial charge in [0.1, 0.15) is 0 Å². The molecule has 1 heteroatoms. The largest absolute Gasteiger partial charge is 0.135 e. The fourth-order valence-electron chi connectivity index (χ4n) is 7.00. The highest BCUT2D eigenvalue weighted by molar-refractivity contribution is 7.25. The summed E-state index contributed by atoms with van der Waals surface area (Å²) < 4.78 is 2.66. The van der Waals surface area contributed by atoms with Gasteiger partial charge in [-0.2, -0.15) is 0 Å². The number of fused-ring (bicyclic) bond motifs is 5. The third kappa shape index (κ3) is 4.36. The zero-order valence-electron chi connectivity index (χ0n) is 24.6. The van der Waals surface area contributed by atoms with Gasteiger partial charge in [0.25, 0.3) is 0 Å². The van der Waals surface area contributed by atoms with Gasteiger partial charge < -0.3 is 0 Å². The van der Waals surface area contributed by atoms with Crippen LogP contribution in [0.3, 0.4) is 0 Å². The topological polar surface area (TPSA) is 0 Å². The normalized spacial score (nSPS) is 11.6. The van der Waals surface area contributed by atoms with Crippen molar-refractivity contribution in [1.29, 1.82) is 0 Å². The van der Waals surface area contributed by atoms with Crippen LogP contribution in [0.4, 0.5) is 0 Å². The van der Waals surface area contributed by atoms with E-state index in [4.69, 9.17) is 0 Å². The van der Waals surface area contributed by atoms with E-state index in [1.807, 2.05) is 11.3 Å². The highest BCUT2D eigenvalue weighted by Crippen LogP contribution is 2.46. The predicted molar refractivity (Wildman–Crippen MR) is 196 cm³/mol. The van der Waals surface area contributed by atoms with E-state index in [1.165, 1.54) is 86.2 Å². The Morgan fingerprint density at radius 3 is 1.22 bits per heavy atom. The van der Waals surface area contributed by atoms with Crippen LogP contribution in [0.25, 0.3) is 86.2 Å². The van der Waals surface area contributed by atoms with Crippen molar-refractivity contribution in [1.82, 2.24) is 0 Å². The molecule has 0 aliphatic heterocycles. The van der Waals surface area contributed by atoms with E-state index in [0.717, 1.165) is 0 Å². The second kappa shape index (κ2) is 10.6. The summed E-state index contributed by atoms with van der Waals surface area (Å²) in [7, 11) is 0. The fourth-order valence-corrected chi connectivity index (χ4v) is 8.14. The molecule has 0 bridgehead atoms. The van der Waals surface area contributed by atoms with Gasteiger partial charge in [-0.25, -0.2) is 0 Å². The lowest BCUT2D eigenvalue weighted by Gasteiger charge is -2.19. The molecule has 0 radical (unpaired) electrons. The molecule has 0 nitrogen and oxygen atoms in total. The molecule has 8 aromatic carbocycles. The molecule has 0 saturated carbocycles. The van der Waals surface area contributed by atoms with Crippen LogP contribution in [-0.4, -0.2) is 0 Å². The Kier molecular flexibility index (Phi) is 6.11. The van der Waals surface area contributed by atoms with Gasteiger partial charge in [-0.3, -0.25) is 0 Å². The van der Waals surface area contributed by atoms with Crippen molar-refractivity contribution in [3.63, 3.8) is 0 Å². The quantitative estimate of drug-likeness (QED) is 0.179. The van der Waals surface area contributed by atoms with Crippen LogP contribution in [0.2, 0.25) is 0 Å². The number of thiophene rings is 1. The molecular weight excluding hydrogens is 561 g/mol. The van der Waals surface area contributed by atoms with Gasteiger partial charge in [0.05, 0.1) is 0 Å². The SMILES string of the molecule is c1ccc(-c2cc(-c3ccccc3)cc(-c3c4ccccc4c(-c4ccc5c(c4)sc4ccccc45)c4ccccc34)c2)cc1. The standard InChI is InChI=1S/C44H28S/c1-3-13-29(14-4-1)32-25-33(30-15-5-2-6-16-30)27-34(26-32)44-39-20-9-7-18-37(39)43(38-19-8-10-21-40(38)44)31-23-24-36-35-17-11-12-22-41(35)45-42(36)28-31/h1-28H. The summed E-state index contributed by atoms with van der Waals surface area (Å²) in [6, 6.07) is 62.2. The van der Waals surface area contributed by atoms with E-state index in [1.54, 1.807) is 0 Å². The Labute approximate surface area is 266 Å². The first kappa shape index (κ1) is 25.9. The minimum Gasteiger partial charge on any atom is -0.135 e. The smallest absolute Gasteiger partial charge is 0.0361 e. The summed E-state index contributed by atoms with van der Waals surface area (Å²) in [4.78, 5) is 0. The second-order valence-corrected chi connectivity index (χ2v) is 12.8. The van der Waals surface area contributed by atoms with Gasteiger partial charge in [-0.15, -0.1) is 11.3 Å². The minimum atomic E-state index is 1.22. The van der Waals surface area contributed by atoms with Crippen molar-refractivity contribution >= 4 is 53.1 Å². The third-order valence-corrected chi connectivity index (χ3v) is 10.2. The zero-order chi connectivity index (χ0) is 29.7. The second-order valence-electron chi connectivity index (χ2n) is 11.7. The molecular formula is C44H28S. The zero-order valence-corrected chi connectivity index (χ0v) is 25.4. The number of benzene rings is 8. The van der Waals surface area contributed by atoms with E-state index in [-0.39, 0.29) is 0 Å². The van der Waals surface area contributed by atoms with E-state index in [9.17, 15) is 0 Å². The molecule has 0 aliphatic rings. The predicted octanol–water partition coefficient (Wildman–Crippen LogP) is 13.0. The summed E-state index contributed by atoms with van der Waals surface area (Å²) in [5, 5.41) is 7.76. The molecule has 45 heavy (non-hydrogen) atoms. The van der Waals surface area contributed by atoms with Crippen molar-refractivity contribution in [3.05, 3.63) is 170 Å². The summed E-state index contributed by atoms with van der Waals surface area (Å²) in [5.41, 5.74) is 9.95. The summed E-state index contributed by atoms with van der Waals surface area (Å²) in [5.74, 6) is 0. The first-order chi connectivity index (χ1) is 22.3. The van der Waals surface area contributed by atoms with E-state index in [2.05, 4.69) is 170 Å².